The minimum atomic E-state index is -0.509. The van der Waals surface area contributed by atoms with Crippen LogP contribution in [-0.4, -0.2) is 95.8 Å². The maximum absolute atomic E-state index is 11.6. The van der Waals surface area contributed by atoms with E-state index in [2.05, 4.69) is 45.1 Å². The Morgan fingerprint density at radius 1 is 0.530 bits per heavy atom. The van der Waals surface area contributed by atoms with Crippen LogP contribution in [0.1, 0.15) is 215 Å². The van der Waals surface area contributed by atoms with Crippen molar-refractivity contribution in [3.05, 3.63) is 24.3 Å². The summed E-state index contributed by atoms with van der Waals surface area (Å²) in [6.07, 6.45) is 32.2. The van der Waals surface area contributed by atoms with Gasteiger partial charge in [-0.1, -0.05) is 96.4 Å². The van der Waals surface area contributed by atoms with Crippen molar-refractivity contribution < 1.29 is 53.3 Å². The molecule has 384 valence electrons. The van der Waals surface area contributed by atoms with Gasteiger partial charge in [-0.25, -0.2) is 0 Å². The van der Waals surface area contributed by atoms with Crippen LogP contribution < -0.4 is 0 Å². The van der Waals surface area contributed by atoms with Gasteiger partial charge in [-0.2, -0.15) is 0 Å². The zero-order valence-corrected chi connectivity index (χ0v) is 42.9. The van der Waals surface area contributed by atoms with Crippen molar-refractivity contribution in [2.75, 3.05) is 26.4 Å². The van der Waals surface area contributed by atoms with Crippen LogP contribution in [0.25, 0.3) is 0 Å². The molecule has 4 aliphatic rings. The molecule has 2 saturated heterocycles. The van der Waals surface area contributed by atoms with E-state index in [1.807, 2.05) is 27.7 Å². The highest BCUT2D eigenvalue weighted by Crippen LogP contribution is 2.45. The number of aliphatic hydroxyl groups excluding tert-OH is 3. The Morgan fingerprint density at radius 2 is 0.924 bits per heavy atom. The van der Waals surface area contributed by atoms with E-state index < -0.39 is 23.8 Å². The molecule has 0 aromatic carbocycles. The standard InChI is InChI=1S/C28H50O5.C27H48O6/c1-5-6-7-10-13-17-28(31-19-20-32-28)18-16-24-23(4)21-26(29)25(24)14-11-8-9-12-15-27(30)33-22(2)3;1-4-5-6-9-12-16-27(31-18-19-32-27)17-15-23-22(24(28)20-25(23)29)13-10-7-8-11-14-26(30)33-21(2)3/h8,11,22-26,29H,5-7,9-10,12-21H2,1-4H3;7,10,21-25,28-29H,4-6,8-9,11-20H2,1-3H3/b11-8-;10-7-/t23-,24+,25-,26+;22-,23-,24+,25-/m11/s1. The summed E-state index contributed by atoms with van der Waals surface area (Å²) in [6, 6.07) is 0. The average molecular weight is 935 g/mol. The van der Waals surface area contributed by atoms with Crippen molar-refractivity contribution in [2.24, 2.45) is 29.6 Å². The summed E-state index contributed by atoms with van der Waals surface area (Å²) in [4.78, 5) is 23.2. The van der Waals surface area contributed by atoms with Crippen LogP contribution in [0.5, 0.6) is 0 Å². The van der Waals surface area contributed by atoms with Crippen molar-refractivity contribution in [1.82, 2.24) is 0 Å². The van der Waals surface area contributed by atoms with Crippen LogP contribution in [0, 0.1) is 29.6 Å². The second-order valence-electron chi connectivity index (χ2n) is 20.7. The summed E-state index contributed by atoms with van der Waals surface area (Å²) in [5.74, 6) is 0.237. The lowest BCUT2D eigenvalue weighted by molar-refractivity contribution is -0.172. The largest absolute Gasteiger partial charge is 0.463 e. The molecule has 3 N–H and O–H groups in total. The third-order valence-electron chi connectivity index (χ3n) is 14.5. The third-order valence-corrected chi connectivity index (χ3v) is 14.5. The highest BCUT2D eigenvalue weighted by Gasteiger charge is 2.45. The highest BCUT2D eigenvalue weighted by atomic mass is 16.7. The van der Waals surface area contributed by atoms with Crippen LogP contribution in [0.3, 0.4) is 0 Å². The smallest absolute Gasteiger partial charge is 0.306 e. The number of unbranched alkanes of at least 4 members (excludes halogenated alkanes) is 10. The first-order chi connectivity index (χ1) is 31.7. The molecule has 0 radical (unpaired) electrons. The first-order valence-electron chi connectivity index (χ1n) is 27.0. The van der Waals surface area contributed by atoms with E-state index in [4.69, 9.17) is 28.4 Å². The minimum absolute atomic E-state index is 0.0453. The lowest BCUT2D eigenvalue weighted by Crippen LogP contribution is -2.33. The monoisotopic (exact) mass is 935 g/mol. The Labute approximate surface area is 401 Å². The quantitative estimate of drug-likeness (QED) is 0.0336. The number of carbonyl (C=O) groups excluding carboxylic acids is 2. The normalized spacial score (nSPS) is 27.1. The lowest BCUT2D eigenvalue weighted by Gasteiger charge is -2.31. The maximum atomic E-state index is 11.6. The van der Waals surface area contributed by atoms with Gasteiger partial charge < -0.3 is 43.7 Å². The molecule has 0 spiro atoms. The molecule has 11 heteroatoms. The predicted octanol–water partition coefficient (Wildman–Crippen LogP) is 11.9. The SMILES string of the molecule is CCCCCCCC1(CC[C@@H]2[C@@H](C/C=C\CCCC(=O)OC(C)C)[C@@H](O)C[C@H]2C)OCCO1.CCCCCCCC1(CC[C@@H]2[C@@H](C/C=C\CCCC(=O)OC(C)C)[C@@H](O)C[C@H]2O)OCCO1. The van der Waals surface area contributed by atoms with E-state index in [1.54, 1.807) is 0 Å². The summed E-state index contributed by atoms with van der Waals surface area (Å²) in [6.45, 7) is 16.9. The maximum Gasteiger partial charge on any atom is 0.306 e. The van der Waals surface area contributed by atoms with Gasteiger partial charge in [0.2, 0.25) is 0 Å². The highest BCUT2D eigenvalue weighted by molar-refractivity contribution is 5.69. The second-order valence-corrected chi connectivity index (χ2v) is 20.7. The van der Waals surface area contributed by atoms with Gasteiger partial charge in [-0.05, 0) is 134 Å². The van der Waals surface area contributed by atoms with Crippen molar-refractivity contribution in [2.45, 2.75) is 258 Å². The number of hydrogen-bond donors (Lipinski definition) is 3. The van der Waals surface area contributed by atoms with Crippen LogP contribution in [-0.2, 0) is 38.0 Å². The number of aliphatic hydroxyl groups is 3. The fourth-order valence-corrected chi connectivity index (χ4v) is 10.9. The third kappa shape index (κ3) is 22.3. The molecule has 0 aromatic rings. The van der Waals surface area contributed by atoms with Crippen LogP contribution in [0.15, 0.2) is 24.3 Å². The molecule has 2 heterocycles. The zero-order valence-electron chi connectivity index (χ0n) is 42.9. The Bertz CT molecular complexity index is 1240. The van der Waals surface area contributed by atoms with Crippen molar-refractivity contribution in [1.29, 1.82) is 0 Å². The second kappa shape index (κ2) is 32.9. The molecule has 11 nitrogen and oxygen atoms in total. The van der Waals surface area contributed by atoms with E-state index in [-0.39, 0.29) is 42.1 Å². The van der Waals surface area contributed by atoms with Crippen LogP contribution >= 0.6 is 0 Å². The summed E-state index contributed by atoms with van der Waals surface area (Å²) in [5, 5.41) is 31.9. The van der Waals surface area contributed by atoms with Gasteiger partial charge in [0.1, 0.15) is 0 Å². The Hall–Kier alpha value is -1.86. The Morgan fingerprint density at radius 3 is 1.36 bits per heavy atom. The Kier molecular flexibility index (Phi) is 29.1. The van der Waals surface area contributed by atoms with Crippen molar-refractivity contribution in [3.63, 3.8) is 0 Å². The lowest BCUT2D eigenvalue weighted by atomic mass is 9.82. The molecule has 4 fully saturated rings. The van der Waals surface area contributed by atoms with Gasteiger partial charge >= 0.3 is 11.9 Å². The summed E-state index contributed by atoms with van der Waals surface area (Å²) >= 11 is 0. The minimum Gasteiger partial charge on any atom is -0.463 e. The molecular formula is C55H98O11. The van der Waals surface area contributed by atoms with E-state index in [1.165, 1.54) is 57.8 Å². The Balaban J connectivity index is 0.000000350. The van der Waals surface area contributed by atoms with Crippen LogP contribution in [0.2, 0.25) is 0 Å². The van der Waals surface area contributed by atoms with Gasteiger partial charge in [0, 0.05) is 38.5 Å². The van der Waals surface area contributed by atoms with Crippen molar-refractivity contribution >= 4 is 11.9 Å². The van der Waals surface area contributed by atoms with E-state index in [0.717, 1.165) is 89.9 Å². The van der Waals surface area contributed by atoms with Gasteiger partial charge in [-0.3, -0.25) is 9.59 Å². The molecule has 2 aliphatic carbocycles. The molecule has 8 atom stereocenters. The van der Waals surface area contributed by atoms with E-state index >= 15 is 0 Å². The molecule has 66 heavy (non-hydrogen) atoms. The van der Waals surface area contributed by atoms with Crippen molar-refractivity contribution in [3.8, 4) is 0 Å². The number of hydrogen-bond acceptors (Lipinski definition) is 11. The molecule has 0 bridgehead atoms. The number of ether oxygens (including phenoxy) is 6. The first-order valence-corrected chi connectivity index (χ1v) is 27.0. The molecule has 4 rings (SSSR count). The fourth-order valence-electron chi connectivity index (χ4n) is 10.9. The molecule has 0 aromatic heterocycles. The number of rotatable bonds is 32. The number of allylic oxidation sites excluding steroid dienone is 4. The molecule has 2 saturated carbocycles. The average Bonchev–Trinajstić information content (AvgIpc) is 4.05. The number of esters is 2. The van der Waals surface area contributed by atoms with E-state index in [9.17, 15) is 24.9 Å². The molecule has 0 amide bonds. The number of carbonyl (C=O) groups is 2. The van der Waals surface area contributed by atoms with Gasteiger partial charge in [0.15, 0.2) is 11.6 Å². The topological polar surface area (TPSA) is 150 Å². The summed E-state index contributed by atoms with van der Waals surface area (Å²) in [7, 11) is 0. The fraction of sp³-hybridized carbons (Fsp3) is 0.891. The van der Waals surface area contributed by atoms with Gasteiger partial charge in [0.25, 0.3) is 0 Å². The zero-order chi connectivity index (χ0) is 48.2. The molecular weight excluding hydrogens is 837 g/mol. The van der Waals surface area contributed by atoms with Crippen LogP contribution in [0.4, 0.5) is 0 Å². The van der Waals surface area contributed by atoms with Gasteiger partial charge in [0.05, 0.1) is 56.9 Å². The van der Waals surface area contributed by atoms with Gasteiger partial charge in [-0.15, -0.1) is 0 Å². The first kappa shape index (κ1) is 58.5. The molecule has 0 unspecified atom stereocenters. The molecule has 2 aliphatic heterocycles. The summed E-state index contributed by atoms with van der Waals surface area (Å²) in [5.41, 5.74) is 0. The summed E-state index contributed by atoms with van der Waals surface area (Å²) < 4.78 is 34.7. The predicted molar refractivity (Wildman–Crippen MR) is 263 cm³/mol. The van der Waals surface area contributed by atoms with E-state index in [0.29, 0.717) is 63.4 Å².